The van der Waals surface area contributed by atoms with Crippen molar-refractivity contribution in [2.45, 2.75) is 32.2 Å². The van der Waals surface area contributed by atoms with Gasteiger partial charge >= 0.3 is 0 Å². The molecule has 2 heteroatoms. The topological polar surface area (TPSA) is 29.3 Å². The van der Waals surface area contributed by atoms with E-state index in [-0.39, 0.29) is 0 Å². The van der Waals surface area contributed by atoms with Gasteiger partial charge in [-0.2, -0.15) is 0 Å². The highest BCUT2D eigenvalue weighted by Crippen LogP contribution is 2.28. The number of benzene rings is 2. The van der Waals surface area contributed by atoms with Crippen molar-refractivity contribution in [2.24, 2.45) is 5.73 Å². The Morgan fingerprint density at radius 2 is 1.86 bits per heavy atom. The number of anilines is 1. The van der Waals surface area contributed by atoms with Gasteiger partial charge in [0, 0.05) is 25.3 Å². The van der Waals surface area contributed by atoms with Gasteiger partial charge in [0.1, 0.15) is 0 Å². The van der Waals surface area contributed by atoms with Gasteiger partial charge in [-0.3, -0.25) is 0 Å². The van der Waals surface area contributed by atoms with Crippen LogP contribution in [0.25, 0.3) is 0 Å². The Labute approximate surface area is 127 Å². The van der Waals surface area contributed by atoms with Crippen molar-refractivity contribution >= 4 is 5.69 Å². The van der Waals surface area contributed by atoms with Crippen LogP contribution in [0.3, 0.4) is 0 Å². The van der Waals surface area contributed by atoms with Crippen molar-refractivity contribution in [2.75, 3.05) is 18.0 Å². The largest absolute Gasteiger partial charge is 0.371 e. The minimum absolute atomic E-state index is 0.640. The Morgan fingerprint density at radius 3 is 2.67 bits per heavy atom. The van der Waals surface area contributed by atoms with Gasteiger partial charge in [0.05, 0.1) is 0 Å². The number of rotatable bonds is 5. The lowest BCUT2D eigenvalue weighted by atomic mass is 9.98. The molecule has 2 aromatic rings. The molecule has 0 fully saturated rings. The molecule has 0 bridgehead atoms. The van der Waals surface area contributed by atoms with Crippen LogP contribution < -0.4 is 10.6 Å². The van der Waals surface area contributed by atoms with Crippen LogP contribution in [0.4, 0.5) is 5.69 Å². The summed E-state index contributed by atoms with van der Waals surface area (Å²) in [6, 6.07) is 17.5. The SMILES string of the molecule is NCc1ccc2c(c1)CCCN2CCCc1ccccc1. The minimum atomic E-state index is 0.640. The quantitative estimate of drug-likeness (QED) is 0.908. The van der Waals surface area contributed by atoms with E-state index in [1.165, 1.54) is 48.2 Å². The third-order valence-corrected chi connectivity index (χ3v) is 4.33. The second-order valence-corrected chi connectivity index (χ2v) is 5.85. The van der Waals surface area contributed by atoms with Crippen LogP contribution in [-0.4, -0.2) is 13.1 Å². The number of nitrogens with zero attached hydrogens (tertiary/aromatic N) is 1. The number of hydrogen-bond acceptors (Lipinski definition) is 2. The zero-order chi connectivity index (χ0) is 14.5. The highest BCUT2D eigenvalue weighted by atomic mass is 15.1. The Balaban J connectivity index is 1.62. The molecule has 0 aliphatic carbocycles. The van der Waals surface area contributed by atoms with Crippen molar-refractivity contribution in [1.29, 1.82) is 0 Å². The molecule has 0 spiro atoms. The summed E-state index contributed by atoms with van der Waals surface area (Å²) < 4.78 is 0. The van der Waals surface area contributed by atoms with E-state index in [4.69, 9.17) is 5.73 Å². The maximum Gasteiger partial charge on any atom is 0.0398 e. The molecule has 0 aromatic heterocycles. The van der Waals surface area contributed by atoms with E-state index in [0.717, 1.165) is 13.0 Å². The fourth-order valence-electron chi connectivity index (χ4n) is 3.21. The first-order valence-corrected chi connectivity index (χ1v) is 7.97. The van der Waals surface area contributed by atoms with E-state index >= 15 is 0 Å². The molecule has 3 rings (SSSR count). The normalized spacial score (nSPS) is 14.0. The fraction of sp³-hybridized carbons (Fsp3) is 0.368. The smallest absolute Gasteiger partial charge is 0.0398 e. The first-order chi connectivity index (χ1) is 10.4. The number of aryl methyl sites for hydroxylation is 2. The Bertz CT molecular complexity index is 577. The molecule has 2 N–H and O–H groups in total. The molecule has 0 atom stereocenters. The highest BCUT2D eigenvalue weighted by Gasteiger charge is 2.16. The summed E-state index contributed by atoms with van der Waals surface area (Å²) in [6.07, 6.45) is 4.82. The molecule has 110 valence electrons. The highest BCUT2D eigenvalue weighted by molar-refractivity contribution is 5.56. The predicted octanol–water partition coefficient (Wildman–Crippen LogP) is 3.53. The van der Waals surface area contributed by atoms with E-state index in [1.54, 1.807) is 0 Å². The van der Waals surface area contributed by atoms with Gasteiger partial charge in [-0.05, 0) is 48.4 Å². The summed E-state index contributed by atoms with van der Waals surface area (Å²) in [5.41, 5.74) is 11.3. The number of hydrogen-bond donors (Lipinski definition) is 1. The van der Waals surface area contributed by atoms with Crippen molar-refractivity contribution in [3.05, 3.63) is 65.2 Å². The second kappa shape index (κ2) is 6.77. The zero-order valence-electron chi connectivity index (χ0n) is 12.6. The first-order valence-electron chi connectivity index (χ1n) is 7.97. The summed E-state index contributed by atoms with van der Waals surface area (Å²) in [5.74, 6) is 0. The van der Waals surface area contributed by atoms with Crippen LogP contribution in [0.5, 0.6) is 0 Å². The van der Waals surface area contributed by atoms with Crippen LogP contribution in [-0.2, 0) is 19.4 Å². The summed E-state index contributed by atoms with van der Waals surface area (Å²) in [4.78, 5) is 2.54. The number of nitrogens with two attached hydrogens (primary N) is 1. The molecule has 1 aliphatic heterocycles. The van der Waals surface area contributed by atoms with E-state index in [1.807, 2.05) is 0 Å². The molecule has 0 unspecified atom stereocenters. The molecule has 0 saturated heterocycles. The van der Waals surface area contributed by atoms with Crippen molar-refractivity contribution in [3.63, 3.8) is 0 Å². The molecule has 1 aliphatic rings. The molecule has 0 saturated carbocycles. The number of fused-ring (bicyclic) bond motifs is 1. The zero-order valence-corrected chi connectivity index (χ0v) is 12.6. The van der Waals surface area contributed by atoms with Crippen LogP contribution >= 0.6 is 0 Å². The Morgan fingerprint density at radius 1 is 1.00 bits per heavy atom. The molecule has 2 aromatic carbocycles. The van der Waals surface area contributed by atoms with Gasteiger partial charge in [-0.15, -0.1) is 0 Å². The monoisotopic (exact) mass is 280 g/mol. The van der Waals surface area contributed by atoms with Crippen molar-refractivity contribution in [1.82, 2.24) is 0 Å². The Kier molecular flexibility index (Phi) is 4.56. The first kappa shape index (κ1) is 14.2. The Hall–Kier alpha value is -1.80. The van der Waals surface area contributed by atoms with Crippen LogP contribution in [0.15, 0.2) is 48.5 Å². The van der Waals surface area contributed by atoms with Gasteiger partial charge in [0.2, 0.25) is 0 Å². The van der Waals surface area contributed by atoms with Crippen molar-refractivity contribution < 1.29 is 0 Å². The maximum absolute atomic E-state index is 5.75. The predicted molar refractivity (Wildman–Crippen MR) is 89.6 cm³/mol. The van der Waals surface area contributed by atoms with Crippen LogP contribution in [0, 0.1) is 0 Å². The maximum atomic E-state index is 5.75. The van der Waals surface area contributed by atoms with Gasteiger partial charge < -0.3 is 10.6 Å². The summed E-state index contributed by atoms with van der Waals surface area (Å²) >= 11 is 0. The average Bonchev–Trinajstić information content (AvgIpc) is 2.55. The summed E-state index contributed by atoms with van der Waals surface area (Å²) in [7, 11) is 0. The summed E-state index contributed by atoms with van der Waals surface area (Å²) in [5, 5.41) is 0. The van der Waals surface area contributed by atoms with E-state index in [9.17, 15) is 0 Å². The van der Waals surface area contributed by atoms with Gasteiger partial charge in [0.15, 0.2) is 0 Å². The lowest BCUT2D eigenvalue weighted by molar-refractivity contribution is 0.664. The van der Waals surface area contributed by atoms with Gasteiger partial charge in [-0.1, -0.05) is 42.5 Å². The molecular formula is C19H24N2. The van der Waals surface area contributed by atoms with E-state index in [0.29, 0.717) is 6.54 Å². The lowest BCUT2D eigenvalue weighted by Crippen LogP contribution is -2.30. The fourth-order valence-corrected chi connectivity index (χ4v) is 3.21. The molecule has 0 amide bonds. The standard InChI is InChI=1S/C19H24N2/c20-15-17-10-11-19-18(14-17)9-5-13-21(19)12-4-8-16-6-2-1-3-7-16/h1-3,6-7,10-11,14H,4-5,8-9,12-13,15,20H2. The van der Waals surface area contributed by atoms with Crippen LogP contribution in [0.1, 0.15) is 29.5 Å². The molecule has 1 heterocycles. The third kappa shape index (κ3) is 3.45. The third-order valence-electron chi connectivity index (χ3n) is 4.33. The van der Waals surface area contributed by atoms with Gasteiger partial charge in [0.25, 0.3) is 0 Å². The van der Waals surface area contributed by atoms with Gasteiger partial charge in [-0.25, -0.2) is 0 Å². The second-order valence-electron chi connectivity index (χ2n) is 5.85. The van der Waals surface area contributed by atoms with Crippen molar-refractivity contribution in [3.8, 4) is 0 Å². The molecule has 2 nitrogen and oxygen atoms in total. The molecular weight excluding hydrogens is 256 g/mol. The summed E-state index contributed by atoms with van der Waals surface area (Å²) in [6.45, 7) is 2.97. The van der Waals surface area contributed by atoms with Crippen LogP contribution in [0.2, 0.25) is 0 Å². The molecule has 21 heavy (non-hydrogen) atoms. The molecule has 0 radical (unpaired) electrons. The minimum Gasteiger partial charge on any atom is -0.371 e. The average molecular weight is 280 g/mol. The van der Waals surface area contributed by atoms with E-state index < -0.39 is 0 Å². The lowest BCUT2D eigenvalue weighted by Gasteiger charge is -2.31. The van der Waals surface area contributed by atoms with E-state index in [2.05, 4.69) is 53.4 Å².